The maximum Gasteiger partial charge on any atom is 0.321 e. The molecule has 0 heterocycles. The van der Waals surface area contributed by atoms with Crippen molar-refractivity contribution in [3.63, 3.8) is 0 Å². The van der Waals surface area contributed by atoms with E-state index in [1.807, 2.05) is 0 Å². The predicted octanol–water partition coefficient (Wildman–Crippen LogP) is 1.84. The molecule has 1 unspecified atom stereocenters. The quantitative estimate of drug-likeness (QED) is 0.667. The first-order chi connectivity index (χ1) is 10.6. The van der Waals surface area contributed by atoms with E-state index in [4.69, 9.17) is 4.74 Å². The summed E-state index contributed by atoms with van der Waals surface area (Å²) in [5.41, 5.74) is -0.741. The van der Waals surface area contributed by atoms with Crippen LogP contribution in [-0.2, 0) is 19.6 Å². The fraction of sp³-hybridized carbons (Fsp3) is 0.562. The Bertz CT molecular complexity index is 593. The van der Waals surface area contributed by atoms with Gasteiger partial charge in [-0.1, -0.05) is 18.2 Å². The number of nitrogens with one attached hydrogen (secondary N) is 1. The Morgan fingerprint density at radius 2 is 1.91 bits per heavy atom. The molecule has 23 heavy (non-hydrogen) atoms. The van der Waals surface area contributed by atoms with Crippen molar-refractivity contribution in [2.24, 2.45) is 0 Å². The molecule has 0 spiro atoms. The van der Waals surface area contributed by atoms with Gasteiger partial charge >= 0.3 is 5.97 Å². The van der Waals surface area contributed by atoms with Crippen molar-refractivity contribution in [2.45, 2.75) is 56.6 Å². The highest BCUT2D eigenvalue weighted by Crippen LogP contribution is 2.14. The highest BCUT2D eigenvalue weighted by molar-refractivity contribution is 7.89. The number of rotatable bonds is 9. The van der Waals surface area contributed by atoms with Gasteiger partial charge in [0.05, 0.1) is 16.6 Å². The zero-order valence-corrected chi connectivity index (χ0v) is 14.6. The monoisotopic (exact) mass is 343 g/mol. The molecule has 1 aromatic carbocycles. The molecule has 0 saturated carbocycles. The van der Waals surface area contributed by atoms with Gasteiger partial charge in [-0.2, -0.15) is 4.72 Å². The molecule has 0 aromatic heterocycles. The highest BCUT2D eigenvalue weighted by Gasteiger charge is 2.18. The fourth-order valence-electron chi connectivity index (χ4n) is 1.98. The number of carbonyl (C=O) groups excluding carboxylic acids is 1. The molecule has 1 rings (SSSR count). The molecule has 0 aliphatic carbocycles. The van der Waals surface area contributed by atoms with Gasteiger partial charge in [-0.3, -0.25) is 4.79 Å². The topological polar surface area (TPSA) is 92.7 Å². The summed E-state index contributed by atoms with van der Waals surface area (Å²) < 4.78 is 31.3. The Hall–Kier alpha value is -1.44. The van der Waals surface area contributed by atoms with Gasteiger partial charge < -0.3 is 9.84 Å². The van der Waals surface area contributed by atoms with Crippen molar-refractivity contribution in [2.75, 3.05) is 6.54 Å². The zero-order valence-electron chi connectivity index (χ0n) is 13.8. The maximum atomic E-state index is 12.0. The number of benzene rings is 1. The van der Waals surface area contributed by atoms with Crippen LogP contribution in [0.25, 0.3) is 0 Å². The Labute approximate surface area is 137 Å². The van der Waals surface area contributed by atoms with Crippen LogP contribution in [-0.4, -0.2) is 37.7 Å². The minimum atomic E-state index is -3.71. The molecular formula is C16H25NO5S. The van der Waals surface area contributed by atoms with Crippen LogP contribution in [0.1, 0.15) is 40.0 Å². The van der Waals surface area contributed by atoms with Gasteiger partial charge in [0.15, 0.2) is 0 Å². The van der Waals surface area contributed by atoms with Gasteiger partial charge in [0.2, 0.25) is 10.0 Å². The van der Waals surface area contributed by atoms with Gasteiger partial charge in [0.25, 0.3) is 0 Å². The Balaban J connectivity index is 2.37. The summed E-state index contributed by atoms with van der Waals surface area (Å²) in [6, 6.07) is 7.83. The van der Waals surface area contributed by atoms with Crippen LogP contribution in [0.4, 0.5) is 0 Å². The number of esters is 1. The zero-order chi connectivity index (χ0) is 17.5. The largest absolute Gasteiger partial charge is 0.462 e. The lowest BCUT2D eigenvalue weighted by Crippen LogP contribution is -2.32. The van der Waals surface area contributed by atoms with Crippen molar-refractivity contribution < 1.29 is 23.1 Å². The van der Waals surface area contributed by atoms with E-state index >= 15 is 0 Å². The molecule has 1 atom stereocenters. The van der Waals surface area contributed by atoms with Crippen molar-refractivity contribution in [3.05, 3.63) is 30.3 Å². The van der Waals surface area contributed by atoms with E-state index in [2.05, 4.69) is 4.72 Å². The second-order valence-corrected chi connectivity index (χ2v) is 7.91. The van der Waals surface area contributed by atoms with E-state index in [9.17, 15) is 18.3 Å². The van der Waals surface area contributed by atoms with Gasteiger partial charge in [-0.25, -0.2) is 8.42 Å². The molecule has 0 saturated heterocycles. The molecule has 1 aromatic rings. The van der Waals surface area contributed by atoms with Crippen LogP contribution < -0.4 is 4.72 Å². The summed E-state index contributed by atoms with van der Waals surface area (Å²) in [6.45, 7) is 4.78. The van der Waals surface area contributed by atoms with Gasteiger partial charge in [-0.15, -0.1) is 0 Å². The maximum absolute atomic E-state index is 12.0. The number of carbonyl (C=O) groups is 1. The first-order valence-electron chi connectivity index (χ1n) is 7.57. The Morgan fingerprint density at radius 1 is 1.30 bits per heavy atom. The third-order valence-corrected chi connectivity index (χ3v) is 4.61. The van der Waals surface area contributed by atoms with Crippen LogP contribution in [0, 0.1) is 0 Å². The van der Waals surface area contributed by atoms with Crippen LogP contribution in [0.5, 0.6) is 0 Å². The minimum Gasteiger partial charge on any atom is -0.462 e. The van der Waals surface area contributed by atoms with E-state index in [1.54, 1.807) is 39.0 Å². The number of hydrogen-bond acceptors (Lipinski definition) is 5. The molecule has 6 nitrogen and oxygen atoms in total. The molecule has 130 valence electrons. The summed E-state index contributed by atoms with van der Waals surface area (Å²) in [4.78, 5) is 11.8. The molecular weight excluding hydrogens is 318 g/mol. The SMILES string of the molecule is CC(CCCC(C)(C)O)OC(=O)CNS(=O)(=O)c1ccccc1. The normalized spacial score (nSPS) is 13.6. The number of ether oxygens (including phenoxy) is 1. The Morgan fingerprint density at radius 3 is 2.48 bits per heavy atom. The number of hydrogen-bond donors (Lipinski definition) is 2. The first-order valence-corrected chi connectivity index (χ1v) is 9.05. The lowest BCUT2D eigenvalue weighted by atomic mass is 10.0. The second-order valence-electron chi connectivity index (χ2n) is 6.14. The molecule has 0 aliphatic rings. The van der Waals surface area contributed by atoms with E-state index in [-0.39, 0.29) is 11.0 Å². The van der Waals surface area contributed by atoms with Crippen molar-refractivity contribution >= 4 is 16.0 Å². The number of sulfonamides is 1. The summed E-state index contributed by atoms with van der Waals surface area (Å²) in [7, 11) is -3.71. The lowest BCUT2D eigenvalue weighted by Gasteiger charge is -2.18. The van der Waals surface area contributed by atoms with Gasteiger partial charge in [-0.05, 0) is 52.2 Å². The van der Waals surface area contributed by atoms with Crippen LogP contribution in [0.3, 0.4) is 0 Å². The van der Waals surface area contributed by atoms with Crippen LogP contribution in [0.2, 0.25) is 0 Å². The summed E-state index contributed by atoms with van der Waals surface area (Å²) in [5, 5.41) is 9.61. The van der Waals surface area contributed by atoms with Crippen molar-refractivity contribution in [1.82, 2.24) is 4.72 Å². The molecule has 0 bridgehead atoms. The second kappa shape index (κ2) is 8.42. The van der Waals surface area contributed by atoms with Gasteiger partial charge in [0.1, 0.15) is 6.54 Å². The molecule has 2 N–H and O–H groups in total. The summed E-state index contributed by atoms with van der Waals surface area (Å²) in [6.07, 6.45) is 1.61. The molecule has 0 radical (unpaired) electrons. The van der Waals surface area contributed by atoms with Crippen molar-refractivity contribution in [1.29, 1.82) is 0 Å². The average Bonchev–Trinajstić information content (AvgIpc) is 2.45. The summed E-state index contributed by atoms with van der Waals surface area (Å²) in [5.74, 6) is -0.625. The van der Waals surface area contributed by atoms with E-state index in [0.29, 0.717) is 19.3 Å². The third-order valence-electron chi connectivity index (χ3n) is 3.19. The standard InChI is InChI=1S/C16H25NO5S/c1-13(8-7-11-16(2,3)19)22-15(18)12-17-23(20,21)14-9-5-4-6-10-14/h4-6,9-10,13,17,19H,7-8,11-12H2,1-3H3. The van der Waals surface area contributed by atoms with E-state index in [0.717, 1.165) is 0 Å². The molecule has 0 fully saturated rings. The Kier molecular flexibility index (Phi) is 7.18. The molecule has 0 aliphatic heterocycles. The first kappa shape index (κ1) is 19.6. The third kappa shape index (κ3) is 8.11. The average molecular weight is 343 g/mol. The van der Waals surface area contributed by atoms with E-state index in [1.165, 1.54) is 12.1 Å². The molecule has 0 amide bonds. The lowest BCUT2D eigenvalue weighted by molar-refractivity contribution is -0.147. The van der Waals surface area contributed by atoms with Crippen molar-refractivity contribution in [3.8, 4) is 0 Å². The fourth-order valence-corrected chi connectivity index (χ4v) is 2.97. The number of aliphatic hydroxyl groups is 1. The van der Waals surface area contributed by atoms with Crippen LogP contribution in [0.15, 0.2) is 35.2 Å². The molecule has 7 heteroatoms. The predicted molar refractivity (Wildman–Crippen MR) is 87.3 cm³/mol. The van der Waals surface area contributed by atoms with E-state index < -0.39 is 28.1 Å². The van der Waals surface area contributed by atoms with Gasteiger partial charge in [0, 0.05) is 0 Å². The summed E-state index contributed by atoms with van der Waals surface area (Å²) >= 11 is 0. The smallest absolute Gasteiger partial charge is 0.321 e. The highest BCUT2D eigenvalue weighted by atomic mass is 32.2. The minimum absolute atomic E-state index is 0.103. The van der Waals surface area contributed by atoms with Crippen LogP contribution >= 0.6 is 0 Å².